The van der Waals surface area contributed by atoms with Gasteiger partial charge in [-0.1, -0.05) is 32.0 Å². The molecule has 1 aliphatic rings. The van der Waals surface area contributed by atoms with E-state index in [4.69, 9.17) is 9.57 Å². The molecular formula is C15H21NO3. The van der Waals surface area contributed by atoms with Crippen LogP contribution in [0, 0.1) is 0 Å². The van der Waals surface area contributed by atoms with Crippen LogP contribution in [-0.4, -0.2) is 30.7 Å². The Morgan fingerprint density at radius 1 is 1.37 bits per heavy atom. The van der Waals surface area contributed by atoms with E-state index in [-0.39, 0.29) is 12.5 Å². The molecule has 1 heterocycles. The van der Waals surface area contributed by atoms with Gasteiger partial charge in [-0.3, -0.25) is 9.63 Å². The summed E-state index contributed by atoms with van der Waals surface area (Å²) in [6, 6.07) is 7.84. The highest BCUT2D eigenvalue weighted by Crippen LogP contribution is 2.25. The molecule has 0 saturated carbocycles. The number of carbonyl (C=O) groups is 1. The fraction of sp³-hybridized carbons (Fsp3) is 0.533. The molecule has 4 nitrogen and oxygen atoms in total. The summed E-state index contributed by atoms with van der Waals surface area (Å²) >= 11 is 0. The molecule has 1 amide bonds. The molecule has 0 aliphatic carbocycles. The summed E-state index contributed by atoms with van der Waals surface area (Å²) in [5, 5.41) is 1.42. The molecule has 4 heteroatoms. The number of ether oxygens (including phenoxy) is 1. The van der Waals surface area contributed by atoms with Crippen molar-refractivity contribution in [3.05, 3.63) is 29.8 Å². The van der Waals surface area contributed by atoms with Gasteiger partial charge < -0.3 is 4.74 Å². The second kappa shape index (κ2) is 6.57. The van der Waals surface area contributed by atoms with Crippen LogP contribution < -0.4 is 4.74 Å². The monoisotopic (exact) mass is 263 g/mol. The van der Waals surface area contributed by atoms with Gasteiger partial charge in [-0.25, -0.2) is 5.06 Å². The average Bonchev–Trinajstić information content (AvgIpc) is 2.46. The van der Waals surface area contributed by atoms with Crippen LogP contribution in [-0.2, 0) is 9.63 Å². The van der Waals surface area contributed by atoms with E-state index in [0.29, 0.717) is 19.1 Å². The Morgan fingerprint density at radius 3 is 2.84 bits per heavy atom. The second-order valence-corrected chi connectivity index (χ2v) is 5.02. The van der Waals surface area contributed by atoms with Crippen molar-refractivity contribution < 1.29 is 14.4 Å². The zero-order chi connectivity index (χ0) is 13.7. The highest BCUT2D eigenvalue weighted by molar-refractivity contribution is 5.76. The van der Waals surface area contributed by atoms with Crippen molar-refractivity contribution in [2.75, 3.05) is 19.8 Å². The molecule has 1 aromatic carbocycles. The number of benzene rings is 1. The van der Waals surface area contributed by atoms with E-state index in [1.807, 2.05) is 24.3 Å². The standard InChI is InChI=1S/C15H21NO3/c1-12(2)13-7-3-4-8-14(13)18-11-15(17)16-9-5-6-10-19-16/h3-4,7-8,12H,5-6,9-11H2,1-2H3. The van der Waals surface area contributed by atoms with Crippen LogP contribution in [0.4, 0.5) is 0 Å². The smallest absolute Gasteiger partial charge is 0.283 e. The zero-order valence-corrected chi connectivity index (χ0v) is 11.6. The molecule has 0 spiro atoms. The Morgan fingerprint density at radius 2 is 2.16 bits per heavy atom. The molecule has 1 fully saturated rings. The van der Waals surface area contributed by atoms with Gasteiger partial charge in [-0.15, -0.1) is 0 Å². The maximum atomic E-state index is 11.9. The van der Waals surface area contributed by atoms with Crippen molar-refractivity contribution in [1.29, 1.82) is 0 Å². The third-order valence-corrected chi connectivity index (χ3v) is 3.17. The van der Waals surface area contributed by atoms with Gasteiger partial charge in [0.15, 0.2) is 6.61 Å². The van der Waals surface area contributed by atoms with E-state index in [2.05, 4.69) is 13.8 Å². The fourth-order valence-electron chi connectivity index (χ4n) is 2.09. The van der Waals surface area contributed by atoms with Crippen molar-refractivity contribution in [3.63, 3.8) is 0 Å². The van der Waals surface area contributed by atoms with E-state index in [0.717, 1.165) is 24.2 Å². The Labute approximate surface area is 114 Å². The molecular weight excluding hydrogens is 242 g/mol. The van der Waals surface area contributed by atoms with Gasteiger partial charge >= 0.3 is 0 Å². The summed E-state index contributed by atoms with van der Waals surface area (Å²) in [7, 11) is 0. The first-order chi connectivity index (χ1) is 9.18. The van der Waals surface area contributed by atoms with E-state index in [9.17, 15) is 4.79 Å². The third kappa shape index (κ3) is 3.70. The van der Waals surface area contributed by atoms with Crippen LogP contribution in [0.15, 0.2) is 24.3 Å². The van der Waals surface area contributed by atoms with Crippen molar-refractivity contribution in [2.24, 2.45) is 0 Å². The van der Waals surface area contributed by atoms with Gasteiger partial charge in [0.2, 0.25) is 0 Å². The van der Waals surface area contributed by atoms with Crippen LogP contribution in [0.25, 0.3) is 0 Å². The number of hydrogen-bond acceptors (Lipinski definition) is 3. The summed E-state index contributed by atoms with van der Waals surface area (Å²) in [6.07, 6.45) is 2.01. The Bertz CT molecular complexity index is 425. The van der Waals surface area contributed by atoms with E-state index >= 15 is 0 Å². The maximum Gasteiger partial charge on any atom is 0.283 e. The first kappa shape index (κ1) is 13.9. The van der Waals surface area contributed by atoms with Crippen LogP contribution >= 0.6 is 0 Å². The molecule has 1 aliphatic heterocycles. The topological polar surface area (TPSA) is 38.8 Å². The summed E-state index contributed by atoms with van der Waals surface area (Å²) in [4.78, 5) is 17.2. The summed E-state index contributed by atoms with van der Waals surface area (Å²) in [5.41, 5.74) is 1.12. The normalized spacial score (nSPS) is 15.6. The predicted octanol–water partition coefficient (Wildman–Crippen LogP) is 2.74. The first-order valence-corrected chi connectivity index (χ1v) is 6.83. The SMILES string of the molecule is CC(C)c1ccccc1OCC(=O)N1CCCCO1. The third-order valence-electron chi connectivity index (χ3n) is 3.17. The molecule has 0 aromatic heterocycles. The van der Waals surface area contributed by atoms with Gasteiger partial charge in [0, 0.05) is 6.54 Å². The molecule has 19 heavy (non-hydrogen) atoms. The van der Waals surface area contributed by atoms with Gasteiger partial charge in [-0.05, 0) is 30.4 Å². The Hall–Kier alpha value is -1.55. The first-order valence-electron chi connectivity index (χ1n) is 6.83. The second-order valence-electron chi connectivity index (χ2n) is 5.02. The molecule has 0 unspecified atom stereocenters. The lowest BCUT2D eigenvalue weighted by Crippen LogP contribution is -2.38. The Kier molecular flexibility index (Phi) is 4.80. The van der Waals surface area contributed by atoms with Gasteiger partial charge in [0.05, 0.1) is 6.61 Å². The molecule has 0 atom stereocenters. The van der Waals surface area contributed by atoms with Gasteiger partial charge in [0.25, 0.3) is 5.91 Å². The quantitative estimate of drug-likeness (QED) is 0.838. The zero-order valence-electron chi connectivity index (χ0n) is 11.6. The highest BCUT2D eigenvalue weighted by atomic mass is 16.7. The lowest BCUT2D eigenvalue weighted by molar-refractivity contribution is -0.198. The van der Waals surface area contributed by atoms with Crippen LogP contribution in [0.2, 0.25) is 0 Å². The Balaban J connectivity index is 1.93. The molecule has 1 aromatic rings. The number of amides is 1. The number of hydrogen-bond donors (Lipinski definition) is 0. The summed E-state index contributed by atoms with van der Waals surface area (Å²) < 4.78 is 5.64. The largest absolute Gasteiger partial charge is 0.483 e. The van der Waals surface area contributed by atoms with Crippen molar-refractivity contribution in [2.45, 2.75) is 32.6 Å². The molecule has 1 saturated heterocycles. The lowest BCUT2D eigenvalue weighted by Gasteiger charge is -2.26. The fourth-order valence-corrected chi connectivity index (χ4v) is 2.09. The van der Waals surface area contributed by atoms with E-state index in [1.54, 1.807) is 0 Å². The minimum atomic E-state index is -0.113. The molecule has 0 radical (unpaired) electrons. The van der Waals surface area contributed by atoms with Crippen LogP contribution in [0.1, 0.15) is 38.2 Å². The van der Waals surface area contributed by atoms with Gasteiger partial charge in [-0.2, -0.15) is 0 Å². The van der Waals surface area contributed by atoms with Crippen molar-refractivity contribution >= 4 is 5.91 Å². The minimum Gasteiger partial charge on any atom is -0.483 e. The molecule has 2 rings (SSSR count). The average molecular weight is 263 g/mol. The lowest BCUT2D eigenvalue weighted by atomic mass is 10.0. The predicted molar refractivity (Wildman–Crippen MR) is 72.9 cm³/mol. The van der Waals surface area contributed by atoms with Crippen LogP contribution in [0.3, 0.4) is 0 Å². The molecule has 0 N–H and O–H groups in total. The maximum absolute atomic E-state index is 11.9. The van der Waals surface area contributed by atoms with E-state index < -0.39 is 0 Å². The summed E-state index contributed by atoms with van der Waals surface area (Å²) in [6.45, 7) is 5.53. The van der Waals surface area contributed by atoms with Crippen LogP contribution in [0.5, 0.6) is 5.75 Å². The molecule has 104 valence electrons. The number of nitrogens with zero attached hydrogens (tertiary/aromatic N) is 1. The highest BCUT2D eigenvalue weighted by Gasteiger charge is 2.18. The molecule has 0 bridgehead atoms. The van der Waals surface area contributed by atoms with Crippen molar-refractivity contribution in [1.82, 2.24) is 5.06 Å². The number of hydroxylamine groups is 2. The number of para-hydroxylation sites is 1. The number of carbonyl (C=O) groups excluding carboxylic acids is 1. The number of rotatable bonds is 4. The summed E-state index contributed by atoms with van der Waals surface area (Å²) in [5.74, 6) is 1.04. The van der Waals surface area contributed by atoms with Crippen molar-refractivity contribution in [3.8, 4) is 5.75 Å². The van der Waals surface area contributed by atoms with Gasteiger partial charge in [0.1, 0.15) is 5.75 Å². The minimum absolute atomic E-state index is 0.0315. The van der Waals surface area contributed by atoms with E-state index in [1.165, 1.54) is 5.06 Å².